The number of carbonyl (C=O) groups is 3. The number of hydrogen-bond acceptors (Lipinski definition) is 4. The molecule has 0 spiro atoms. The Morgan fingerprint density at radius 2 is 1.67 bits per heavy atom. The van der Waals surface area contributed by atoms with E-state index in [4.69, 9.17) is 0 Å². The Labute approximate surface area is 174 Å². The van der Waals surface area contributed by atoms with E-state index in [9.17, 15) is 19.6 Å². The van der Waals surface area contributed by atoms with Gasteiger partial charge in [-0.15, -0.1) is 0 Å². The van der Waals surface area contributed by atoms with Crippen molar-refractivity contribution in [3.05, 3.63) is 66.2 Å². The van der Waals surface area contributed by atoms with Crippen molar-refractivity contribution in [2.75, 3.05) is 18.4 Å². The van der Waals surface area contributed by atoms with Crippen LogP contribution in [0.15, 0.2) is 60.7 Å². The largest absolute Gasteiger partial charge is 0.334 e. The standard InChI is InChI=1S/C22H23N5O3/c23-12-19-11-17(21(29)26-18-9-5-2-6-10-18)15-27(19)20(28)14-25-22(30)24-13-16-7-3-1-4-8-16/h1-10,17,19H,11,13-15H2,(H,26,29)(H2,24,25,30). The average molecular weight is 405 g/mol. The van der Waals surface area contributed by atoms with Crippen LogP contribution in [0, 0.1) is 17.2 Å². The third kappa shape index (κ3) is 5.58. The van der Waals surface area contributed by atoms with Gasteiger partial charge in [0.1, 0.15) is 6.04 Å². The summed E-state index contributed by atoms with van der Waals surface area (Å²) in [6.45, 7) is 0.238. The molecule has 1 saturated heterocycles. The number of anilines is 1. The number of benzene rings is 2. The van der Waals surface area contributed by atoms with E-state index in [1.54, 1.807) is 12.1 Å². The molecule has 1 aliphatic rings. The van der Waals surface area contributed by atoms with Gasteiger partial charge in [-0.2, -0.15) is 5.26 Å². The van der Waals surface area contributed by atoms with Crippen molar-refractivity contribution in [3.8, 4) is 6.07 Å². The van der Waals surface area contributed by atoms with E-state index in [2.05, 4.69) is 22.0 Å². The van der Waals surface area contributed by atoms with Gasteiger partial charge in [-0.25, -0.2) is 4.79 Å². The second-order valence-electron chi connectivity index (χ2n) is 7.00. The predicted octanol–water partition coefficient (Wildman–Crippen LogP) is 1.87. The first-order valence-corrected chi connectivity index (χ1v) is 9.67. The molecule has 1 heterocycles. The molecule has 30 heavy (non-hydrogen) atoms. The number of para-hydroxylation sites is 1. The highest BCUT2D eigenvalue weighted by Crippen LogP contribution is 2.24. The Morgan fingerprint density at radius 3 is 2.33 bits per heavy atom. The second kappa shape index (κ2) is 10.1. The van der Waals surface area contributed by atoms with Crippen LogP contribution >= 0.6 is 0 Å². The number of nitrogens with one attached hydrogen (secondary N) is 3. The number of rotatable bonds is 6. The van der Waals surface area contributed by atoms with Gasteiger partial charge in [-0.3, -0.25) is 9.59 Å². The summed E-state index contributed by atoms with van der Waals surface area (Å²) in [5.74, 6) is -1.11. The molecule has 1 aliphatic heterocycles. The molecule has 8 heteroatoms. The Balaban J connectivity index is 1.48. The van der Waals surface area contributed by atoms with Gasteiger partial charge in [0, 0.05) is 18.8 Å². The topological polar surface area (TPSA) is 114 Å². The molecule has 0 aromatic heterocycles. The number of likely N-dealkylation sites (tertiary alicyclic amines) is 1. The van der Waals surface area contributed by atoms with Crippen LogP contribution < -0.4 is 16.0 Å². The van der Waals surface area contributed by atoms with Crippen LogP contribution in [0.2, 0.25) is 0 Å². The van der Waals surface area contributed by atoms with Crippen LogP contribution in [0.3, 0.4) is 0 Å². The van der Waals surface area contributed by atoms with Crippen LogP contribution in [0.4, 0.5) is 10.5 Å². The van der Waals surface area contributed by atoms with Crippen LogP contribution in [-0.4, -0.2) is 41.9 Å². The molecule has 2 unspecified atom stereocenters. The lowest BCUT2D eigenvalue weighted by molar-refractivity contribution is -0.130. The van der Waals surface area contributed by atoms with Gasteiger partial charge in [0.15, 0.2) is 0 Å². The fraction of sp³-hybridized carbons (Fsp3) is 0.273. The highest BCUT2D eigenvalue weighted by molar-refractivity contribution is 5.94. The van der Waals surface area contributed by atoms with E-state index < -0.39 is 23.9 Å². The summed E-state index contributed by atoms with van der Waals surface area (Å²) < 4.78 is 0. The summed E-state index contributed by atoms with van der Waals surface area (Å²) >= 11 is 0. The lowest BCUT2D eigenvalue weighted by Gasteiger charge is -2.20. The van der Waals surface area contributed by atoms with E-state index in [0.29, 0.717) is 12.2 Å². The Hall–Kier alpha value is -3.86. The molecule has 0 aliphatic carbocycles. The van der Waals surface area contributed by atoms with Gasteiger partial charge in [-0.05, 0) is 24.1 Å². The number of amides is 4. The first-order valence-electron chi connectivity index (χ1n) is 9.67. The van der Waals surface area contributed by atoms with Gasteiger partial charge in [-0.1, -0.05) is 48.5 Å². The molecule has 2 aromatic rings. The quantitative estimate of drug-likeness (QED) is 0.681. The van der Waals surface area contributed by atoms with Crippen molar-refractivity contribution >= 4 is 23.5 Å². The Bertz CT molecular complexity index is 927. The van der Waals surface area contributed by atoms with Crippen molar-refractivity contribution < 1.29 is 14.4 Å². The summed E-state index contributed by atoms with van der Waals surface area (Å²) in [5, 5.41) is 17.4. The zero-order valence-corrected chi connectivity index (χ0v) is 16.4. The Morgan fingerprint density at radius 1 is 1.00 bits per heavy atom. The number of hydrogen-bond donors (Lipinski definition) is 3. The average Bonchev–Trinajstić information content (AvgIpc) is 3.22. The van der Waals surface area contributed by atoms with Crippen molar-refractivity contribution in [2.24, 2.45) is 5.92 Å². The number of carbonyl (C=O) groups excluding carboxylic acids is 3. The summed E-state index contributed by atoms with van der Waals surface area (Å²) in [6, 6.07) is 19.3. The van der Waals surface area contributed by atoms with E-state index in [-0.39, 0.29) is 25.4 Å². The number of nitriles is 1. The van der Waals surface area contributed by atoms with Crippen LogP contribution in [-0.2, 0) is 16.1 Å². The molecule has 0 saturated carbocycles. The second-order valence-corrected chi connectivity index (χ2v) is 7.00. The fourth-order valence-corrected chi connectivity index (χ4v) is 3.29. The SMILES string of the molecule is N#CC1CC(C(=O)Nc2ccccc2)CN1C(=O)CNC(=O)NCc1ccccc1. The molecule has 8 nitrogen and oxygen atoms in total. The molecule has 2 aromatic carbocycles. The van der Waals surface area contributed by atoms with Gasteiger partial charge < -0.3 is 20.9 Å². The lowest BCUT2D eigenvalue weighted by atomic mass is 10.1. The Kier molecular flexibility index (Phi) is 7.00. The monoisotopic (exact) mass is 405 g/mol. The third-order valence-corrected chi connectivity index (χ3v) is 4.88. The third-order valence-electron chi connectivity index (χ3n) is 4.88. The molecular weight excluding hydrogens is 382 g/mol. The number of urea groups is 1. The van der Waals surface area contributed by atoms with Gasteiger partial charge in [0.2, 0.25) is 11.8 Å². The van der Waals surface area contributed by atoms with Crippen molar-refractivity contribution in [2.45, 2.75) is 19.0 Å². The maximum absolute atomic E-state index is 12.5. The molecular formula is C22H23N5O3. The molecule has 2 atom stereocenters. The molecule has 1 fully saturated rings. The predicted molar refractivity (Wildman–Crippen MR) is 111 cm³/mol. The van der Waals surface area contributed by atoms with E-state index in [0.717, 1.165) is 5.56 Å². The summed E-state index contributed by atoms with van der Waals surface area (Å²) in [5.41, 5.74) is 1.60. The van der Waals surface area contributed by atoms with Gasteiger partial charge in [0.25, 0.3) is 0 Å². The zero-order valence-electron chi connectivity index (χ0n) is 16.4. The minimum atomic E-state index is -0.696. The first kappa shape index (κ1) is 20.9. The van der Waals surface area contributed by atoms with E-state index >= 15 is 0 Å². The minimum Gasteiger partial charge on any atom is -0.334 e. The molecule has 0 bridgehead atoms. The number of nitrogens with zero attached hydrogens (tertiary/aromatic N) is 2. The highest BCUT2D eigenvalue weighted by Gasteiger charge is 2.38. The zero-order chi connectivity index (χ0) is 21.3. The molecule has 3 rings (SSSR count). The highest BCUT2D eigenvalue weighted by atomic mass is 16.2. The molecule has 3 N–H and O–H groups in total. The minimum absolute atomic E-state index is 0.142. The molecule has 154 valence electrons. The summed E-state index contributed by atoms with van der Waals surface area (Å²) in [6.07, 6.45) is 0.265. The van der Waals surface area contributed by atoms with Crippen molar-refractivity contribution in [1.82, 2.24) is 15.5 Å². The normalized spacial score (nSPS) is 17.6. The lowest BCUT2D eigenvalue weighted by Crippen LogP contribution is -2.45. The smallest absolute Gasteiger partial charge is 0.315 e. The fourth-order valence-electron chi connectivity index (χ4n) is 3.29. The van der Waals surface area contributed by atoms with Crippen molar-refractivity contribution in [3.63, 3.8) is 0 Å². The summed E-state index contributed by atoms with van der Waals surface area (Å²) in [7, 11) is 0. The van der Waals surface area contributed by atoms with Crippen LogP contribution in [0.5, 0.6) is 0 Å². The molecule has 4 amide bonds. The summed E-state index contributed by atoms with van der Waals surface area (Å²) in [4.78, 5) is 38.3. The van der Waals surface area contributed by atoms with Crippen molar-refractivity contribution in [1.29, 1.82) is 5.26 Å². The molecule has 0 radical (unpaired) electrons. The van der Waals surface area contributed by atoms with Gasteiger partial charge >= 0.3 is 6.03 Å². The maximum Gasteiger partial charge on any atom is 0.315 e. The van der Waals surface area contributed by atoms with E-state index in [1.807, 2.05) is 48.5 Å². The first-order chi connectivity index (χ1) is 14.6. The maximum atomic E-state index is 12.5. The van der Waals surface area contributed by atoms with Crippen LogP contribution in [0.25, 0.3) is 0 Å². The van der Waals surface area contributed by atoms with Gasteiger partial charge in [0.05, 0.1) is 18.5 Å². The van der Waals surface area contributed by atoms with E-state index in [1.165, 1.54) is 4.90 Å². The van der Waals surface area contributed by atoms with Crippen LogP contribution in [0.1, 0.15) is 12.0 Å².